The van der Waals surface area contributed by atoms with Crippen molar-refractivity contribution in [3.63, 3.8) is 0 Å². The summed E-state index contributed by atoms with van der Waals surface area (Å²) in [5.41, 5.74) is 2.00. The van der Waals surface area contributed by atoms with E-state index in [-0.39, 0.29) is 34.7 Å². The molecule has 0 saturated carbocycles. The summed E-state index contributed by atoms with van der Waals surface area (Å²) >= 11 is 6.20. The van der Waals surface area contributed by atoms with E-state index >= 15 is 0 Å². The minimum atomic E-state index is -0.709. The van der Waals surface area contributed by atoms with Gasteiger partial charge in [-0.3, -0.25) is 14.9 Å². The molecule has 12 heteroatoms. The molecule has 0 radical (unpaired) electrons. The van der Waals surface area contributed by atoms with Gasteiger partial charge >= 0.3 is 11.7 Å². The average molecular weight is 607 g/mol. The first-order valence-electron chi connectivity index (χ1n) is 13.7. The topological polar surface area (TPSA) is 135 Å². The molecule has 43 heavy (non-hydrogen) atoms. The van der Waals surface area contributed by atoms with Gasteiger partial charge in [-0.25, -0.2) is 9.78 Å². The zero-order valence-electron chi connectivity index (χ0n) is 24.4. The lowest BCUT2D eigenvalue weighted by Gasteiger charge is -2.18. The molecular formula is C31H31ClN4O7. The van der Waals surface area contributed by atoms with Crippen molar-refractivity contribution < 1.29 is 23.9 Å². The van der Waals surface area contributed by atoms with E-state index in [1.807, 2.05) is 39.8 Å². The number of aryl methyl sites for hydroxylation is 1. The second-order valence-corrected chi connectivity index (χ2v) is 10.2. The van der Waals surface area contributed by atoms with E-state index in [1.54, 1.807) is 31.2 Å². The van der Waals surface area contributed by atoms with Crippen LogP contribution in [0.1, 0.15) is 50.3 Å². The number of nitro groups is 1. The molecule has 0 spiro atoms. The van der Waals surface area contributed by atoms with Gasteiger partial charge in [0.15, 0.2) is 12.4 Å². The van der Waals surface area contributed by atoms with Crippen LogP contribution in [-0.2, 0) is 9.53 Å². The van der Waals surface area contributed by atoms with E-state index in [9.17, 15) is 19.7 Å². The molecule has 1 aromatic heterocycles. The number of fused-ring (bicyclic) bond motifs is 1. The minimum absolute atomic E-state index is 0.0322. The maximum atomic E-state index is 13.8. The van der Waals surface area contributed by atoms with Gasteiger partial charge in [-0.05, 0) is 68.1 Å². The Bertz CT molecular complexity index is 1780. The second-order valence-electron chi connectivity index (χ2n) is 9.80. The molecule has 3 aromatic carbocycles. The number of nitrogens with zero attached hydrogens (tertiary/aromatic N) is 4. The lowest BCUT2D eigenvalue weighted by Crippen LogP contribution is -2.21. The fourth-order valence-corrected chi connectivity index (χ4v) is 4.74. The number of esters is 1. The largest absolute Gasteiger partial charge is 0.494 e. The molecule has 0 fully saturated rings. The number of nitro benzene ring substituents is 1. The summed E-state index contributed by atoms with van der Waals surface area (Å²) in [6, 6.07) is 13.2. The van der Waals surface area contributed by atoms with Crippen LogP contribution in [-0.4, -0.2) is 46.6 Å². The van der Waals surface area contributed by atoms with Gasteiger partial charge in [0.2, 0.25) is 5.75 Å². The van der Waals surface area contributed by atoms with Gasteiger partial charge < -0.3 is 14.2 Å². The van der Waals surface area contributed by atoms with Crippen molar-refractivity contribution in [3.05, 3.63) is 90.7 Å². The number of hydrogen-bond donors (Lipinski definition) is 0. The van der Waals surface area contributed by atoms with E-state index in [1.165, 1.54) is 12.3 Å². The maximum Gasteiger partial charge on any atom is 0.344 e. The summed E-state index contributed by atoms with van der Waals surface area (Å²) in [6.45, 7) is 9.54. The van der Waals surface area contributed by atoms with Gasteiger partial charge in [0.1, 0.15) is 5.75 Å². The first-order valence-corrected chi connectivity index (χ1v) is 14.0. The summed E-state index contributed by atoms with van der Waals surface area (Å²) in [6.07, 6.45) is 1.22. The highest BCUT2D eigenvalue weighted by Gasteiger charge is 2.23. The normalized spacial score (nSPS) is 11.3. The fourth-order valence-electron chi connectivity index (χ4n) is 4.52. The Morgan fingerprint density at radius 1 is 1.14 bits per heavy atom. The van der Waals surface area contributed by atoms with Crippen molar-refractivity contribution >= 4 is 40.4 Å². The van der Waals surface area contributed by atoms with Crippen LogP contribution in [0.5, 0.6) is 11.5 Å². The van der Waals surface area contributed by atoms with Gasteiger partial charge in [0.25, 0.3) is 5.56 Å². The highest BCUT2D eigenvalue weighted by atomic mass is 35.5. The number of rotatable bonds is 11. The first kappa shape index (κ1) is 31.2. The number of halogens is 1. The average Bonchev–Trinajstić information content (AvgIpc) is 2.96. The van der Waals surface area contributed by atoms with E-state index in [0.29, 0.717) is 23.1 Å². The van der Waals surface area contributed by atoms with Gasteiger partial charge in [0.05, 0.1) is 35.3 Å². The quantitative estimate of drug-likeness (QED) is 0.0842. The van der Waals surface area contributed by atoms with E-state index < -0.39 is 28.7 Å². The highest BCUT2D eigenvalue weighted by Crippen LogP contribution is 2.36. The summed E-state index contributed by atoms with van der Waals surface area (Å²) in [4.78, 5) is 41.7. The van der Waals surface area contributed by atoms with Crippen LogP contribution in [0.25, 0.3) is 22.3 Å². The molecule has 0 unspecified atom stereocenters. The minimum Gasteiger partial charge on any atom is -0.494 e. The van der Waals surface area contributed by atoms with Crippen molar-refractivity contribution in [1.82, 2.24) is 9.66 Å². The Labute approximate surface area is 252 Å². The van der Waals surface area contributed by atoms with Crippen LogP contribution < -0.4 is 15.0 Å². The molecule has 11 nitrogen and oxygen atoms in total. The highest BCUT2D eigenvalue weighted by molar-refractivity contribution is 6.31. The number of carbonyl (C=O) groups is 1. The Kier molecular flexibility index (Phi) is 9.77. The van der Waals surface area contributed by atoms with Crippen LogP contribution in [0, 0.1) is 17.0 Å². The van der Waals surface area contributed by atoms with Gasteiger partial charge in [-0.15, -0.1) is 0 Å². The first-order chi connectivity index (χ1) is 20.5. The molecule has 0 aliphatic rings. The van der Waals surface area contributed by atoms with Crippen molar-refractivity contribution in [2.24, 2.45) is 5.10 Å². The summed E-state index contributed by atoms with van der Waals surface area (Å²) in [7, 11) is 0. The lowest BCUT2D eigenvalue weighted by atomic mass is 9.96. The zero-order chi connectivity index (χ0) is 31.3. The van der Waals surface area contributed by atoms with E-state index in [0.717, 1.165) is 27.6 Å². The smallest absolute Gasteiger partial charge is 0.344 e. The summed E-state index contributed by atoms with van der Waals surface area (Å²) in [5, 5.41) is 16.6. The fraction of sp³-hybridized carbons (Fsp3) is 0.290. The Hall–Kier alpha value is -4.77. The molecule has 0 amide bonds. The standard InChI is InChI=1S/C31H31ClN4O7/c1-6-41-27-12-19(5)24(15-23(27)18(3)4)30-34-25-11-9-8-10-22(25)31(38)35(30)33-16-20-13-21(32)14-26(36(39)40)29(20)43-17-28(37)42-7-2/h8-16,18H,6-7,17H2,1-5H3. The summed E-state index contributed by atoms with van der Waals surface area (Å²) < 4.78 is 17.4. The molecular weight excluding hydrogens is 576 g/mol. The molecule has 0 saturated heterocycles. The van der Waals surface area contributed by atoms with Crippen LogP contribution in [0.3, 0.4) is 0 Å². The molecule has 0 atom stereocenters. The molecule has 224 valence electrons. The molecule has 1 heterocycles. The van der Waals surface area contributed by atoms with Crippen molar-refractivity contribution in [3.8, 4) is 22.9 Å². The van der Waals surface area contributed by atoms with E-state index in [4.69, 9.17) is 30.8 Å². The third kappa shape index (κ3) is 6.83. The second kappa shape index (κ2) is 13.5. The molecule has 0 aliphatic carbocycles. The van der Waals surface area contributed by atoms with Gasteiger partial charge in [-0.1, -0.05) is 37.6 Å². The van der Waals surface area contributed by atoms with Gasteiger partial charge in [-0.2, -0.15) is 9.78 Å². The number of benzene rings is 3. The molecule has 0 N–H and O–H groups in total. The van der Waals surface area contributed by atoms with Gasteiger partial charge in [0, 0.05) is 22.2 Å². The molecule has 0 bridgehead atoms. The molecule has 4 aromatic rings. The predicted molar refractivity (Wildman–Crippen MR) is 165 cm³/mol. The SMILES string of the molecule is CCOC(=O)COc1c(C=Nn2c(-c3cc(C(C)C)c(OCC)cc3C)nc3ccccc3c2=O)cc(Cl)cc1[N+](=O)[O-]. The van der Waals surface area contributed by atoms with Crippen LogP contribution in [0.2, 0.25) is 5.02 Å². The van der Waals surface area contributed by atoms with Crippen molar-refractivity contribution in [2.45, 2.75) is 40.5 Å². The van der Waals surface area contributed by atoms with Crippen LogP contribution >= 0.6 is 11.6 Å². The number of ether oxygens (including phenoxy) is 3. The Balaban J connectivity index is 1.95. The number of para-hydroxylation sites is 1. The summed E-state index contributed by atoms with van der Waals surface area (Å²) in [5.74, 6) is 0.142. The number of carbonyl (C=O) groups excluding carboxylic acids is 1. The molecule has 4 rings (SSSR count). The van der Waals surface area contributed by atoms with Crippen LogP contribution in [0.15, 0.2) is 58.4 Å². The molecule has 0 aliphatic heterocycles. The number of aromatic nitrogens is 2. The van der Waals surface area contributed by atoms with Crippen LogP contribution in [0.4, 0.5) is 5.69 Å². The Morgan fingerprint density at radius 3 is 2.56 bits per heavy atom. The lowest BCUT2D eigenvalue weighted by molar-refractivity contribution is -0.385. The maximum absolute atomic E-state index is 13.8. The van der Waals surface area contributed by atoms with Crippen molar-refractivity contribution in [1.29, 1.82) is 0 Å². The monoisotopic (exact) mass is 606 g/mol. The zero-order valence-corrected chi connectivity index (χ0v) is 25.2. The predicted octanol–water partition coefficient (Wildman–Crippen LogP) is 6.28. The Morgan fingerprint density at radius 2 is 1.88 bits per heavy atom. The number of hydrogen-bond acceptors (Lipinski definition) is 9. The van der Waals surface area contributed by atoms with Crippen molar-refractivity contribution in [2.75, 3.05) is 19.8 Å². The van der Waals surface area contributed by atoms with E-state index in [2.05, 4.69) is 5.10 Å². The third-order valence-electron chi connectivity index (χ3n) is 6.48. The third-order valence-corrected chi connectivity index (χ3v) is 6.70.